The number of para-hydroxylation sites is 1. The minimum atomic E-state index is 0.161. The maximum Gasteiger partial charge on any atom is 0.174 e. The van der Waals surface area contributed by atoms with E-state index in [9.17, 15) is 0 Å². The zero-order valence-electron chi connectivity index (χ0n) is 15.4. The van der Waals surface area contributed by atoms with Crippen LogP contribution in [0.4, 0.5) is 5.69 Å². The van der Waals surface area contributed by atoms with Gasteiger partial charge in [0.25, 0.3) is 0 Å². The van der Waals surface area contributed by atoms with E-state index in [0.29, 0.717) is 11.7 Å². The number of benzene rings is 1. The second kappa shape index (κ2) is 8.52. The van der Waals surface area contributed by atoms with Crippen LogP contribution in [0.1, 0.15) is 41.7 Å². The minimum Gasteiger partial charge on any atom is -0.467 e. The number of furan rings is 1. The van der Waals surface area contributed by atoms with Gasteiger partial charge in [0, 0.05) is 10.6 Å². The van der Waals surface area contributed by atoms with Gasteiger partial charge in [0.2, 0.25) is 0 Å². The van der Waals surface area contributed by atoms with Gasteiger partial charge in [0.05, 0.1) is 18.8 Å². The predicted octanol–water partition coefficient (Wildman–Crippen LogP) is 6.17. The molecule has 0 aliphatic heterocycles. The van der Waals surface area contributed by atoms with E-state index in [4.69, 9.17) is 16.6 Å². The molecule has 136 valence electrons. The summed E-state index contributed by atoms with van der Waals surface area (Å²) in [7, 11) is 0. The molecule has 1 aromatic carbocycles. The molecular formula is C21H24N2OS2. The molecule has 3 rings (SSSR count). The summed E-state index contributed by atoms with van der Waals surface area (Å²) >= 11 is 7.57. The monoisotopic (exact) mass is 384 g/mol. The highest BCUT2D eigenvalue weighted by molar-refractivity contribution is 7.80. The second-order valence-corrected chi connectivity index (χ2v) is 7.66. The maximum atomic E-state index is 5.83. The Morgan fingerprint density at radius 1 is 1.23 bits per heavy atom. The summed E-state index contributed by atoms with van der Waals surface area (Å²) in [6.07, 6.45) is 2.67. The lowest BCUT2D eigenvalue weighted by molar-refractivity contribution is 0.306. The highest BCUT2D eigenvalue weighted by Crippen LogP contribution is 2.28. The number of aryl methyl sites for hydroxylation is 2. The average molecular weight is 385 g/mol. The molecule has 0 radical (unpaired) electrons. The van der Waals surface area contributed by atoms with Gasteiger partial charge >= 0.3 is 0 Å². The molecule has 0 fully saturated rings. The largest absolute Gasteiger partial charge is 0.467 e. The van der Waals surface area contributed by atoms with Crippen molar-refractivity contribution in [3.05, 3.63) is 75.9 Å². The Morgan fingerprint density at radius 2 is 2.08 bits per heavy atom. The van der Waals surface area contributed by atoms with E-state index in [0.717, 1.165) is 17.9 Å². The molecule has 1 atom stereocenters. The summed E-state index contributed by atoms with van der Waals surface area (Å²) in [5.74, 6) is 0.901. The number of nitrogens with zero attached hydrogens (tertiary/aromatic N) is 1. The van der Waals surface area contributed by atoms with Crippen LogP contribution in [0.5, 0.6) is 0 Å². The van der Waals surface area contributed by atoms with Crippen molar-refractivity contribution in [1.29, 1.82) is 0 Å². The Kier molecular flexibility index (Phi) is 6.12. The first-order valence-electron chi connectivity index (χ1n) is 8.82. The van der Waals surface area contributed by atoms with Crippen LogP contribution in [0.2, 0.25) is 0 Å². The van der Waals surface area contributed by atoms with Gasteiger partial charge in [0.15, 0.2) is 5.11 Å². The van der Waals surface area contributed by atoms with Crippen LogP contribution in [0.15, 0.2) is 58.5 Å². The average Bonchev–Trinajstić information content (AvgIpc) is 3.34. The van der Waals surface area contributed by atoms with Gasteiger partial charge in [-0.15, -0.1) is 11.3 Å². The first kappa shape index (κ1) is 18.7. The van der Waals surface area contributed by atoms with Crippen LogP contribution in [0.25, 0.3) is 0 Å². The molecule has 0 aliphatic rings. The second-order valence-electron chi connectivity index (χ2n) is 6.29. The van der Waals surface area contributed by atoms with Crippen molar-refractivity contribution in [3.63, 3.8) is 0 Å². The SMILES string of the molecule is CCc1cccc(C)c1NC(=S)N(Cc1ccco1)C(C)c1cccs1. The fraction of sp³-hybridized carbons (Fsp3) is 0.286. The van der Waals surface area contributed by atoms with Gasteiger partial charge in [-0.1, -0.05) is 31.2 Å². The Hall–Kier alpha value is -2.11. The number of thiocarbonyl (C=S) groups is 1. The number of rotatable bonds is 6. The van der Waals surface area contributed by atoms with E-state index < -0.39 is 0 Å². The molecule has 0 aliphatic carbocycles. The van der Waals surface area contributed by atoms with Gasteiger partial charge < -0.3 is 14.6 Å². The molecule has 0 amide bonds. The molecule has 5 heteroatoms. The van der Waals surface area contributed by atoms with E-state index in [1.807, 2.05) is 12.1 Å². The van der Waals surface area contributed by atoms with Crippen LogP contribution in [-0.4, -0.2) is 10.0 Å². The number of anilines is 1. The Morgan fingerprint density at radius 3 is 2.73 bits per heavy atom. The molecule has 2 aromatic heterocycles. The van der Waals surface area contributed by atoms with Crippen LogP contribution in [0.3, 0.4) is 0 Å². The highest BCUT2D eigenvalue weighted by Gasteiger charge is 2.22. The third-order valence-electron chi connectivity index (χ3n) is 4.56. The van der Waals surface area contributed by atoms with Crippen molar-refractivity contribution < 1.29 is 4.42 Å². The highest BCUT2D eigenvalue weighted by atomic mass is 32.1. The molecule has 0 saturated heterocycles. The molecule has 26 heavy (non-hydrogen) atoms. The van der Waals surface area contributed by atoms with Crippen LogP contribution < -0.4 is 5.32 Å². The minimum absolute atomic E-state index is 0.161. The summed E-state index contributed by atoms with van der Waals surface area (Å²) in [5.41, 5.74) is 3.59. The van der Waals surface area contributed by atoms with Crippen LogP contribution >= 0.6 is 23.6 Å². The van der Waals surface area contributed by atoms with E-state index in [1.54, 1.807) is 17.6 Å². The van der Waals surface area contributed by atoms with Crippen LogP contribution in [-0.2, 0) is 13.0 Å². The molecule has 1 N–H and O–H groups in total. The van der Waals surface area contributed by atoms with Crippen molar-refractivity contribution in [2.45, 2.75) is 39.8 Å². The van der Waals surface area contributed by atoms with Gasteiger partial charge in [-0.2, -0.15) is 0 Å². The fourth-order valence-corrected chi connectivity index (χ4v) is 4.14. The normalized spacial score (nSPS) is 12.0. The summed E-state index contributed by atoms with van der Waals surface area (Å²) < 4.78 is 5.57. The summed E-state index contributed by atoms with van der Waals surface area (Å²) in [4.78, 5) is 3.47. The van der Waals surface area contributed by atoms with E-state index in [2.05, 4.69) is 66.7 Å². The zero-order valence-corrected chi connectivity index (χ0v) is 17.0. The van der Waals surface area contributed by atoms with Crippen molar-refractivity contribution in [2.24, 2.45) is 0 Å². The van der Waals surface area contributed by atoms with Gasteiger partial charge in [-0.05, 0) is 67.2 Å². The first-order valence-corrected chi connectivity index (χ1v) is 10.1. The molecule has 3 nitrogen and oxygen atoms in total. The lowest BCUT2D eigenvalue weighted by Gasteiger charge is -2.31. The lowest BCUT2D eigenvalue weighted by Crippen LogP contribution is -2.36. The zero-order chi connectivity index (χ0) is 18.5. The number of hydrogen-bond donors (Lipinski definition) is 1. The Bertz CT molecular complexity index is 841. The Balaban J connectivity index is 1.87. The lowest BCUT2D eigenvalue weighted by atomic mass is 10.1. The molecule has 3 aromatic rings. The molecule has 0 bridgehead atoms. The van der Waals surface area contributed by atoms with Gasteiger partial charge in [-0.25, -0.2) is 0 Å². The molecule has 0 spiro atoms. The van der Waals surface area contributed by atoms with Crippen molar-refractivity contribution in [1.82, 2.24) is 4.90 Å². The summed E-state index contributed by atoms with van der Waals surface area (Å²) in [6.45, 7) is 7.09. The quantitative estimate of drug-likeness (QED) is 0.514. The third-order valence-corrected chi connectivity index (χ3v) is 5.94. The van der Waals surface area contributed by atoms with Crippen LogP contribution in [0, 0.1) is 6.92 Å². The maximum absolute atomic E-state index is 5.83. The summed E-state index contributed by atoms with van der Waals surface area (Å²) in [5, 5.41) is 6.32. The molecule has 0 saturated carbocycles. The molecule has 2 heterocycles. The first-order chi connectivity index (χ1) is 12.6. The number of thiophene rings is 1. The summed E-state index contributed by atoms with van der Waals surface area (Å²) in [6, 6.07) is 14.7. The Labute approximate surface area is 164 Å². The van der Waals surface area contributed by atoms with Gasteiger partial charge in [0.1, 0.15) is 5.76 Å². The topological polar surface area (TPSA) is 28.4 Å². The molecular weight excluding hydrogens is 360 g/mol. The third kappa shape index (κ3) is 4.17. The number of nitrogens with one attached hydrogen (secondary N) is 1. The van der Waals surface area contributed by atoms with Crippen molar-refractivity contribution >= 4 is 34.4 Å². The molecule has 1 unspecified atom stereocenters. The standard InChI is InChI=1S/C21H24N2OS2/c1-4-17-9-5-8-15(2)20(17)22-21(25)23(14-18-10-6-12-24-18)16(3)19-11-7-13-26-19/h5-13,16H,4,14H2,1-3H3,(H,22,25). The van der Waals surface area contributed by atoms with E-state index >= 15 is 0 Å². The van der Waals surface area contributed by atoms with Crippen molar-refractivity contribution in [3.8, 4) is 0 Å². The van der Waals surface area contributed by atoms with E-state index in [-0.39, 0.29) is 6.04 Å². The van der Waals surface area contributed by atoms with Gasteiger partial charge in [-0.3, -0.25) is 0 Å². The number of hydrogen-bond acceptors (Lipinski definition) is 3. The smallest absolute Gasteiger partial charge is 0.174 e. The van der Waals surface area contributed by atoms with Crippen molar-refractivity contribution in [2.75, 3.05) is 5.32 Å². The van der Waals surface area contributed by atoms with E-state index in [1.165, 1.54) is 16.0 Å². The predicted molar refractivity (Wildman–Crippen MR) is 114 cm³/mol. The fourth-order valence-electron chi connectivity index (χ4n) is 3.02.